The predicted octanol–water partition coefficient (Wildman–Crippen LogP) is 10.8. The van der Waals surface area contributed by atoms with Crippen molar-refractivity contribution in [1.29, 1.82) is 0 Å². The molecule has 72 heavy (non-hydrogen) atoms. The Hall–Kier alpha value is -2.22. The van der Waals surface area contributed by atoms with E-state index >= 15 is 52.7 Å². The minimum absolute atomic E-state index is 0.654. The smallest absolute Gasteiger partial charge is 0.342 e. The van der Waals surface area contributed by atoms with E-state index in [1.54, 1.807) is 0 Å². The first kappa shape index (κ1) is 59.0. The van der Waals surface area contributed by atoms with Crippen LogP contribution in [0.25, 0.3) is 0 Å². The summed E-state index contributed by atoms with van der Waals surface area (Å²) in [6.07, 6.45) is -47.1. The van der Waals surface area contributed by atoms with Gasteiger partial charge < -0.3 is 47.4 Å². The summed E-state index contributed by atoms with van der Waals surface area (Å²) >= 11 is 0. The Kier molecular flexibility index (Phi) is 12.9. The molecule has 422 valence electrons. The zero-order valence-corrected chi connectivity index (χ0v) is 36.9. The topological polar surface area (TPSA) is 92.3 Å². The van der Waals surface area contributed by atoms with E-state index < -0.39 is 168 Å². The Balaban J connectivity index is 1.74. The lowest BCUT2D eigenvalue weighted by Crippen LogP contribution is -2.82. The molecule has 2 unspecified atom stereocenters. The Morgan fingerprint density at radius 2 is 0.486 bits per heavy atom. The van der Waals surface area contributed by atoms with Gasteiger partial charge >= 0.3 is 71.6 Å². The Labute approximate surface area is 385 Å². The van der Waals surface area contributed by atoms with Gasteiger partial charge in [-0.2, -0.15) is 114 Å². The average molecular weight is 1120 g/mol. The van der Waals surface area contributed by atoms with Gasteiger partial charge in [-0.1, -0.05) is 0 Å². The van der Waals surface area contributed by atoms with Crippen LogP contribution in [-0.4, -0.2) is 155 Å². The fraction of sp³-hybridized carbons (Fsp3) is 1.00. The van der Waals surface area contributed by atoms with Crippen molar-refractivity contribution < 1.29 is 162 Å². The maximum Gasteiger partial charge on any atom is 0.460 e. The second-order valence-electron chi connectivity index (χ2n) is 19.3. The van der Waals surface area contributed by atoms with E-state index in [-0.39, 0.29) is 0 Å². The first-order valence-electron chi connectivity index (χ1n) is 20.1. The Morgan fingerprint density at radius 1 is 0.264 bits per heavy atom. The average Bonchev–Trinajstić information content (AvgIpc) is 3.86. The third-order valence-electron chi connectivity index (χ3n) is 12.3. The molecule has 36 heteroatoms. The van der Waals surface area contributed by atoms with Crippen LogP contribution in [0.15, 0.2) is 0 Å². The second-order valence-corrected chi connectivity index (χ2v) is 19.3. The van der Waals surface area contributed by atoms with Crippen molar-refractivity contribution in [3.05, 3.63) is 0 Å². The monoisotopic (exact) mass is 1120 g/mol. The number of halogens is 26. The molecule has 0 spiro atoms. The number of alkyl halides is 26. The lowest BCUT2D eigenvalue weighted by atomic mass is 9.62. The molecule has 6 aliphatic heterocycles. The minimum atomic E-state index is -8.77. The van der Waals surface area contributed by atoms with Gasteiger partial charge in [0.15, 0.2) is 35.7 Å². The van der Waals surface area contributed by atoms with Crippen molar-refractivity contribution in [2.45, 2.75) is 223 Å². The molecule has 0 aromatic rings. The van der Waals surface area contributed by atoms with Crippen molar-refractivity contribution in [2.24, 2.45) is 0 Å². The maximum absolute atomic E-state index is 16.9. The molecular formula is C36H36F26O10. The molecule has 6 rings (SSSR count). The van der Waals surface area contributed by atoms with Crippen LogP contribution in [-0.2, 0) is 47.4 Å². The zero-order valence-electron chi connectivity index (χ0n) is 36.9. The number of rotatable bonds is 13. The van der Waals surface area contributed by atoms with Crippen LogP contribution in [0.5, 0.6) is 0 Å². The molecule has 10 atom stereocenters. The molecule has 0 N–H and O–H groups in total. The summed E-state index contributed by atoms with van der Waals surface area (Å²) in [6, 6.07) is 0. The summed E-state index contributed by atoms with van der Waals surface area (Å²) in [4.78, 5) is 0. The van der Waals surface area contributed by atoms with Crippen molar-refractivity contribution in [1.82, 2.24) is 0 Å². The number of hydrogen-bond donors (Lipinski definition) is 0. The summed E-state index contributed by atoms with van der Waals surface area (Å²) in [5, 5.41) is 0. The molecule has 0 aromatic carbocycles. The summed E-state index contributed by atoms with van der Waals surface area (Å²) in [6.45, 7) is 5.96. The van der Waals surface area contributed by atoms with E-state index in [9.17, 15) is 61.5 Å². The molecule has 0 aliphatic carbocycles. The predicted molar refractivity (Wildman–Crippen MR) is 174 cm³/mol. The first-order chi connectivity index (χ1) is 31.4. The molecule has 6 fully saturated rings. The maximum atomic E-state index is 16.9. The lowest BCUT2D eigenvalue weighted by molar-refractivity contribution is -0.456. The quantitative estimate of drug-likeness (QED) is 0.166. The van der Waals surface area contributed by atoms with Crippen LogP contribution in [0.2, 0.25) is 0 Å². The van der Waals surface area contributed by atoms with E-state index in [4.69, 9.17) is 47.4 Å². The highest BCUT2D eigenvalue weighted by Crippen LogP contribution is 2.69. The van der Waals surface area contributed by atoms with Crippen molar-refractivity contribution in [3.8, 4) is 0 Å². The van der Waals surface area contributed by atoms with E-state index in [2.05, 4.69) is 0 Å². The third kappa shape index (κ3) is 7.97. The molecule has 6 saturated heterocycles. The molecule has 0 amide bonds. The van der Waals surface area contributed by atoms with E-state index in [1.807, 2.05) is 0 Å². The SMILES string of the molecule is CC1(C)O[C@@H]2OC(CC(F)(F)C(F)(F)C(F)(F)C(F)(F)C(F)(F)C(F)(F)F)(C3(CC(F)(F)C(F)(F)C(F)(F)C(F)(F)C(F)(F)C(F)(F)F)O[C@@H]4OC(C)(C)O[C@@H]4[C@H]4OC(C)(C)O[C@H]43)[C@H]3OC(C)(C)O[C@H]3[C@@H]2O1. The van der Waals surface area contributed by atoms with Gasteiger partial charge in [0.25, 0.3) is 0 Å². The van der Waals surface area contributed by atoms with Gasteiger partial charge in [-0.05, 0) is 55.4 Å². The minimum Gasteiger partial charge on any atom is -0.342 e. The Bertz CT molecular complexity index is 1950. The summed E-state index contributed by atoms with van der Waals surface area (Å²) < 4.78 is 441. The molecule has 0 radical (unpaired) electrons. The second kappa shape index (κ2) is 15.7. The highest BCUT2D eigenvalue weighted by atomic mass is 19.4. The van der Waals surface area contributed by atoms with Crippen molar-refractivity contribution >= 4 is 0 Å². The van der Waals surface area contributed by atoms with Gasteiger partial charge in [-0.3, -0.25) is 0 Å². The van der Waals surface area contributed by atoms with Gasteiger partial charge in [-0.25, -0.2) is 0 Å². The number of fused-ring (bicyclic) bond motifs is 6. The van der Waals surface area contributed by atoms with E-state index in [0.29, 0.717) is 27.7 Å². The fourth-order valence-electron chi connectivity index (χ4n) is 9.22. The third-order valence-corrected chi connectivity index (χ3v) is 12.3. The molecule has 6 aliphatic rings. The summed E-state index contributed by atoms with van der Waals surface area (Å²) in [5.41, 5.74) is -10.3. The van der Waals surface area contributed by atoms with Gasteiger partial charge in [0.05, 0.1) is 12.8 Å². The summed E-state index contributed by atoms with van der Waals surface area (Å²) in [7, 11) is 0. The molecule has 0 saturated carbocycles. The lowest BCUT2D eigenvalue weighted by Gasteiger charge is -2.62. The standard InChI is InChI=1S/C36H36F26O10/c1-19(2)63-11-13-17(69-21(5,6)65-13)71-23(15(11)67-19,9-25(37,38)27(41,42)29(45,46)31(49,50)33(53,54)35(57,58)59)24(16-12(64-20(3,4)68-16)14-18(72-24)70-22(7,8)66-14)10-26(39,40)28(43,44)30(47,48)32(51,52)34(55,56)36(60,61)62/h11-18H,9-10H2,1-8H3/t11-,12+,13-,14+,15-,16+,17+,18-,23?,24?. The van der Waals surface area contributed by atoms with Gasteiger partial charge in [-0.15, -0.1) is 0 Å². The highest BCUT2D eigenvalue weighted by molar-refractivity contribution is 5.27. The normalized spacial score (nSPS) is 35.8. The van der Waals surface area contributed by atoms with Crippen LogP contribution in [0.4, 0.5) is 114 Å². The molecule has 0 bridgehead atoms. The van der Waals surface area contributed by atoms with Crippen LogP contribution in [0.3, 0.4) is 0 Å². The van der Waals surface area contributed by atoms with Gasteiger partial charge in [0.2, 0.25) is 0 Å². The zero-order chi connectivity index (χ0) is 56.1. The highest BCUT2D eigenvalue weighted by Gasteiger charge is 2.95. The van der Waals surface area contributed by atoms with E-state index in [1.165, 1.54) is 0 Å². The largest absolute Gasteiger partial charge is 0.460 e. The molecule has 10 nitrogen and oxygen atoms in total. The van der Waals surface area contributed by atoms with Crippen molar-refractivity contribution in [2.75, 3.05) is 0 Å². The molecule has 0 aromatic heterocycles. The number of hydrogen-bond acceptors (Lipinski definition) is 10. The van der Waals surface area contributed by atoms with Crippen LogP contribution < -0.4 is 0 Å². The van der Waals surface area contributed by atoms with Crippen LogP contribution >= 0.6 is 0 Å². The molecular weight excluding hydrogens is 1090 g/mol. The summed E-state index contributed by atoms with van der Waals surface area (Å²) in [5.74, 6) is -94.3. The van der Waals surface area contributed by atoms with Gasteiger partial charge in [0.1, 0.15) is 47.8 Å². The first-order valence-corrected chi connectivity index (χ1v) is 20.1. The van der Waals surface area contributed by atoms with Crippen LogP contribution in [0.1, 0.15) is 68.2 Å². The van der Waals surface area contributed by atoms with E-state index in [0.717, 1.165) is 27.7 Å². The Morgan fingerprint density at radius 3 is 0.736 bits per heavy atom. The van der Waals surface area contributed by atoms with Gasteiger partial charge in [0, 0.05) is 0 Å². The number of ether oxygens (including phenoxy) is 10. The van der Waals surface area contributed by atoms with Crippen molar-refractivity contribution in [3.63, 3.8) is 0 Å². The fourth-order valence-corrected chi connectivity index (χ4v) is 9.22. The molecule has 6 heterocycles. The van der Waals surface area contributed by atoms with Crippen LogP contribution in [0, 0.1) is 0 Å².